The lowest BCUT2D eigenvalue weighted by atomic mass is 9.94. The third kappa shape index (κ3) is 5.34. The molecule has 10 heteroatoms. The van der Waals surface area contributed by atoms with Gasteiger partial charge in [-0.2, -0.15) is 4.31 Å². The summed E-state index contributed by atoms with van der Waals surface area (Å²) in [6, 6.07) is 15.4. The summed E-state index contributed by atoms with van der Waals surface area (Å²) in [5, 5.41) is 0.501. The standard InChI is InChI=1S/C28H31N3O5S2/c1-4-35-24-8-5-9-25-26(24)29-28(37-25)31(18-22-7-6-14-36-22)27(32)21-10-12-23(13-11-21)38(33,34)30-16-19(2)15-20(3)17-30/h5-14,19-20H,4,15-18H2,1-3H3. The maximum atomic E-state index is 13.8. The van der Waals surface area contributed by atoms with Crippen molar-refractivity contribution in [2.24, 2.45) is 11.8 Å². The lowest BCUT2D eigenvalue weighted by Crippen LogP contribution is -2.42. The van der Waals surface area contributed by atoms with Gasteiger partial charge in [0.15, 0.2) is 5.13 Å². The fraction of sp³-hybridized carbons (Fsp3) is 0.357. The lowest BCUT2D eigenvalue weighted by molar-refractivity contribution is 0.0983. The number of para-hydroxylation sites is 1. The smallest absolute Gasteiger partial charge is 0.260 e. The van der Waals surface area contributed by atoms with Crippen LogP contribution in [-0.4, -0.2) is 43.3 Å². The molecule has 5 rings (SSSR count). The molecule has 8 nitrogen and oxygen atoms in total. The average Bonchev–Trinajstić information content (AvgIpc) is 3.57. The van der Waals surface area contributed by atoms with Gasteiger partial charge in [0, 0.05) is 18.7 Å². The molecule has 1 amide bonds. The van der Waals surface area contributed by atoms with E-state index in [9.17, 15) is 13.2 Å². The van der Waals surface area contributed by atoms with Crippen LogP contribution in [0.25, 0.3) is 10.2 Å². The monoisotopic (exact) mass is 553 g/mol. The molecule has 1 saturated heterocycles. The van der Waals surface area contributed by atoms with Gasteiger partial charge in [0.1, 0.15) is 17.0 Å². The Morgan fingerprint density at radius 2 is 1.84 bits per heavy atom. The third-order valence-electron chi connectivity index (χ3n) is 6.62. The fourth-order valence-corrected chi connectivity index (χ4v) is 7.62. The van der Waals surface area contributed by atoms with E-state index < -0.39 is 10.0 Å². The quantitative estimate of drug-likeness (QED) is 0.274. The Morgan fingerprint density at radius 3 is 2.50 bits per heavy atom. The number of fused-ring (bicyclic) bond motifs is 1. The average molecular weight is 554 g/mol. The minimum absolute atomic E-state index is 0.180. The zero-order valence-electron chi connectivity index (χ0n) is 21.7. The predicted molar refractivity (Wildman–Crippen MR) is 148 cm³/mol. The molecule has 1 aliphatic rings. The molecular weight excluding hydrogens is 522 g/mol. The van der Waals surface area contributed by atoms with Crippen LogP contribution < -0.4 is 9.64 Å². The number of carbonyl (C=O) groups is 1. The third-order valence-corrected chi connectivity index (χ3v) is 9.50. The minimum atomic E-state index is -3.64. The first-order chi connectivity index (χ1) is 18.3. The molecule has 0 N–H and O–H groups in total. The van der Waals surface area contributed by atoms with E-state index in [0.29, 0.717) is 59.3 Å². The van der Waals surface area contributed by atoms with Crippen molar-refractivity contribution in [2.45, 2.75) is 38.6 Å². The second kappa shape index (κ2) is 10.9. The van der Waals surface area contributed by atoms with E-state index in [2.05, 4.69) is 13.8 Å². The molecule has 2 atom stereocenters. The molecule has 0 saturated carbocycles. The molecule has 1 fully saturated rings. The van der Waals surface area contributed by atoms with Gasteiger partial charge in [0.2, 0.25) is 10.0 Å². The number of rotatable bonds is 8. The van der Waals surface area contributed by atoms with E-state index in [-0.39, 0.29) is 17.3 Å². The van der Waals surface area contributed by atoms with Gasteiger partial charge >= 0.3 is 0 Å². The summed E-state index contributed by atoms with van der Waals surface area (Å²) >= 11 is 1.39. The van der Waals surface area contributed by atoms with Crippen LogP contribution in [0.5, 0.6) is 5.75 Å². The number of sulfonamides is 1. The Morgan fingerprint density at radius 1 is 1.11 bits per heavy atom. The van der Waals surface area contributed by atoms with Crippen molar-refractivity contribution in [2.75, 3.05) is 24.6 Å². The van der Waals surface area contributed by atoms with E-state index in [4.69, 9.17) is 14.1 Å². The van der Waals surface area contributed by atoms with Crippen LogP contribution in [0.2, 0.25) is 0 Å². The zero-order valence-corrected chi connectivity index (χ0v) is 23.3. The molecule has 200 valence electrons. The highest BCUT2D eigenvalue weighted by molar-refractivity contribution is 7.89. The lowest BCUT2D eigenvalue weighted by Gasteiger charge is -2.34. The number of benzene rings is 2. The van der Waals surface area contributed by atoms with Crippen LogP contribution in [-0.2, 0) is 16.6 Å². The molecule has 0 bridgehead atoms. The van der Waals surface area contributed by atoms with Crippen LogP contribution in [0.1, 0.15) is 43.3 Å². The molecule has 0 aliphatic carbocycles. The Bertz CT molecular complexity index is 1500. The summed E-state index contributed by atoms with van der Waals surface area (Å²) < 4.78 is 40.3. The molecule has 2 unspecified atom stereocenters. The van der Waals surface area contributed by atoms with Gasteiger partial charge in [-0.3, -0.25) is 9.69 Å². The maximum absolute atomic E-state index is 13.8. The first-order valence-electron chi connectivity index (χ1n) is 12.7. The summed E-state index contributed by atoms with van der Waals surface area (Å²) in [7, 11) is -3.64. The van der Waals surface area contributed by atoms with Crippen LogP contribution in [0, 0.1) is 11.8 Å². The number of amides is 1. The van der Waals surface area contributed by atoms with Crippen LogP contribution >= 0.6 is 11.3 Å². The number of hydrogen-bond donors (Lipinski definition) is 0. The molecule has 2 aromatic carbocycles. The Balaban J connectivity index is 1.45. The first-order valence-corrected chi connectivity index (χ1v) is 15.0. The van der Waals surface area contributed by atoms with Gasteiger partial charge in [0.05, 0.1) is 29.0 Å². The fourth-order valence-electron chi connectivity index (χ4n) is 4.96. The van der Waals surface area contributed by atoms with Gasteiger partial charge in [-0.1, -0.05) is 31.3 Å². The molecule has 38 heavy (non-hydrogen) atoms. The first kappa shape index (κ1) is 26.4. The summed E-state index contributed by atoms with van der Waals surface area (Å²) in [5.74, 6) is 1.58. The molecule has 2 aromatic heterocycles. The van der Waals surface area contributed by atoms with Crippen molar-refractivity contribution >= 4 is 42.6 Å². The molecular formula is C28H31N3O5S2. The zero-order chi connectivity index (χ0) is 26.9. The predicted octanol–water partition coefficient (Wildman–Crippen LogP) is 5.80. The molecule has 0 radical (unpaired) electrons. The number of ether oxygens (including phenoxy) is 1. The molecule has 1 aliphatic heterocycles. The van der Waals surface area contributed by atoms with Crippen LogP contribution in [0.4, 0.5) is 5.13 Å². The number of carbonyl (C=O) groups excluding carboxylic acids is 1. The molecule has 0 spiro atoms. The van der Waals surface area contributed by atoms with Gasteiger partial charge < -0.3 is 9.15 Å². The second-order valence-corrected chi connectivity index (χ2v) is 12.7. The van der Waals surface area contributed by atoms with E-state index in [0.717, 1.165) is 11.1 Å². The van der Waals surface area contributed by atoms with Gasteiger partial charge in [-0.15, -0.1) is 0 Å². The van der Waals surface area contributed by atoms with Crippen molar-refractivity contribution in [1.82, 2.24) is 9.29 Å². The Hall–Kier alpha value is -3.21. The number of anilines is 1. The number of aromatic nitrogens is 1. The van der Waals surface area contributed by atoms with Gasteiger partial charge in [-0.05, 0) is 73.7 Å². The van der Waals surface area contributed by atoms with E-state index in [1.54, 1.807) is 39.7 Å². The largest absolute Gasteiger partial charge is 0.492 e. The normalized spacial score (nSPS) is 18.5. The summed E-state index contributed by atoms with van der Waals surface area (Å²) in [4.78, 5) is 20.3. The number of furan rings is 1. The second-order valence-electron chi connectivity index (χ2n) is 9.80. The van der Waals surface area contributed by atoms with Crippen LogP contribution in [0.3, 0.4) is 0 Å². The Labute approximate surface area is 226 Å². The van der Waals surface area contributed by atoms with Crippen molar-refractivity contribution in [1.29, 1.82) is 0 Å². The van der Waals surface area contributed by atoms with E-state index >= 15 is 0 Å². The van der Waals surface area contributed by atoms with E-state index in [1.165, 1.54) is 23.5 Å². The highest BCUT2D eigenvalue weighted by Gasteiger charge is 2.32. The van der Waals surface area contributed by atoms with E-state index in [1.807, 2.05) is 25.1 Å². The summed E-state index contributed by atoms with van der Waals surface area (Å²) in [6.45, 7) is 7.76. The minimum Gasteiger partial charge on any atom is -0.492 e. The maximum Gasteiger partial charge on any atom is 0.260 e. The number of thiazole rings is 1. The summed E-state index contributed by atoms with van der Waals surface area (Å²) in [6.07, 6.45) is 2.58. The van der Waals surface area contributed by atoms with Gasteiger partial charge in [0.25, 0.3) is 5.91 Å². The number of piperidine rings is 1. The van der Waals surface area contributed by atoms with Crippen LogP contribution in [0.15, 0.2) is 70.2 Å². The van der Waals surface area contributed by atoms with Crippen molar-refractivity contribution in [3.63, 3.8) is 0 Å². The SMILES string of the molecule is CCOc1cccc2sc(N(Cc3ccco3)C(=O)c3ccc(S(=O)(=O)N4CC(C)CC(C)C4)cc3)nc12. The Kier molecular flexibility index (Phi) is 7.56. The van der Waals surface area contributed by atoms with Crippen molar-refractivity contribution < 1.29 is 22.4 Å². The molecule has 3 heterocycles. The summed E-state index contributed by atoms with van der Waals surface area (Å²) in [5.41, 5.74) is 1.05. The molecule has 4 aromatic rings. The van der Waals surface area contributed by atoms with Crippen molar-refractivity contribution in [3.05, 3.63) is 72.2 Å². The highest BCUT2D eigenvalue weighted by atomic mass is 32.2. The topological polar surface area (TPSA) is 92.9 Å². The number of hydrogen-bond acceptors (Lipinski definition) is 7. The highest BCUT2D eigenvalue weighted by Crippen LogP contribution is 2.35. The van der Waals surface area contributed by atoms with Gasteiger partial charge in [-0.25, -0.2) is 13.4 Å². The number of nitrogens with zero attached hydrogens (tertiary/aromatic N) is 3. The van der Waals surface area contributed by atoms with Crippen molar-refractivity contribution in [3.8, 4) is 5.75 Å².